The third kappa shape index (κ3) is 3.36. The third-order valence-electron chi connectivity index (χ3n) is 3.60. The van der Waals surface area contributed by atoms with E-state index in [0.29, 0.717) is 24.2 Å². The maximum Gasteiger partial charge on any atom is 0.200 e. The molecule has 0 aliphatic heterocycles. The fourth-order valence-electron chi connectivity index (χ4n) is 2.32. The van der Waals surface area contributed by atoms with Gasteiger partial charge in [-0.25, -0.2) is 0 Å². The topological polar surface area (TPSA) is 79.2 Å². The maximum atomic E-state index is 9.93. The molecule has 0 atom stereocenters. The van der Waals surface area contributed by atoms with Gasteiger partial charge in [0.05, 0.1) is 14.2 Å². The van der Waals surface area contributed by atoms with E-state index in [1.807, 2.05) is 6.07 Å². The Morgan fingerprint density at radius 2 is 1.50 bits per heavy atom. The summed E-state index contributed by atoms with van der Waals surface area (Å²) in [6.45, 7) is 0. The van der Waals surface area contributed by atoms with Crippen molar-refractivity contribution >= 4 is 0 Å². The molecule has 3 N–H and O–H groups in total. The molecule has 2 aromatic carbocycles. The third-order valence-corrected chi connectivity index (χ3v) is 3.60. The van der Waals surface area contributed by atoms with Crippen LogP contribution < -0.4 is 9.47 Å². The largest absolute Gasteiger partial charge is 0.508 e. The second-order valence-electron chi connectivity index (χ2n) is 4.97. The van der Waals surface area contributed by atoms with E-state index in [2.05, 4.69) is 0 Å². The predicted molar refractivity (Wildman–Crippen MR) is 83.0 cm³/mol. The lowest BCUT2D eigenvalue weighted by Crippen LogP contribution is -1.93. The standard InChI is InChI=1S/C17H20O5/c1-21-13-8-6-11(14(18)10-13)4-3-5-12-7-9-15(22-2)17(20)16(12)19/h6-10,18-20H,3-5H2,1-2H3. The molecule has 0 spiro atoms. The summed E-state index contributed by atoms with van der Waals surface area (Å²) >= 11 is 0. The van der Waals surface area contributed by atoms with Gasteiger partial charge in [-0.15, -0.1) is 0 Å². The number of phenolic OH excluding ortho intramolecular Hbond substituents is 3. The quantitative estimate of drug-likeness (QED) is 0.715. The predicted octanol–water partition coefficient (Wildman–Crippen LogP) is 3.00. The first-order valence-corrected chi connectivity index (χ1v) is 7.00. The lowest BCUT2D eigenvalue weighted by atomic mass is 10.0. The van der Waals surface area contributed by atoms with Crippen molar-refractivity contribution in [3.05, 3.63) is 41.5 Å². The molecule has 0 heterocycles. The molecule has 0 saturated heterocycles. The Hall–Kier alpha value is -2.56. The average Bonchev–Trinajstić information content (AvgIpc) is 2.53. The van der Waals surface area contributed by atoms with Crippen molar-refractivity contribution in [3.63, 3.8) is 0 Å². The molecule has 0 aromatic heterocycles. The van der Waals surface area contributed by atoms with E-state index in [0.717, 1.165) is 12.0 Å². The van der Waals surface area contributed by atoms with E-state index in [4.69, 9.17) is 9.47 Å². The average molecular weight is 304 g/mol. The van der Waals surface area contributed by atoms with Crippen LogP contribution in [-0.4, -0.2) is 29.5 Å². The van der Waals surface area contributed by atoms with Crippen LogP contribution in [0.2, 0.25) is 0 Å². The molecule has 2 rings (SSSR count). The molecule has 5 heteroatoms. The summed E-state index contributed by atoms with van der Waals surface area (Å²) in [4.78, 5) is 0. The van der Waals surface area contributed by atoms with Gasteiger partial charge in [-0.05, 0) is 42.5 Å². The molecular weight excluding hydrogens is 284 g/mol. The zero-order chi connectivity index (χ0) is 16.1. The first-order chi connectivity index (χ1) is 10.6. The second-order valence-corrected chi connectivity index (χ2v) is 4.97. The molecule has 0 saturated carbocycles. The Bertz CT molecular complexity index is 652. The van der Waals surface area contributed by atoms with E-state index in [9.17, 15) is 15.3 Å². The van der Waals surface area contributed by atoms with E-state index < -0.39 is 0 Å². The summed E-state index contributed by atoms with van der Waals surface area (Å²) in [6.07, 6.45) is 1.95. The Labute approximate surface area is 129 Å². The van der Waals surface area contributed by atoms with Crippen molar-refractivity contribution < 1.29 is 24.8 Å². The Balaban J connectivity index is 2.01. The van der Waals surface area contributed by atoms with Gasteiger partial charge in [0.15, 0.2) is 11.5 Å². The van der Waals surface area contributed by atoms with Crippen LogP contribution in [0.3, 0.4) is 0 Å². The van der Waals surface area contributed by atoms with Gasteiger partial charge in [0.25, 0.3) is 0 Å². The van der Waals surface area contributed by atoms with Crippen LogP contribution in [0.25, 0.3) is 0 Å². The van der Waals surface area contributed by atoms with E-state index in [1.165, 1.54) is 7.11 Å². The van der Waals surface area contributed by atoms with Crippen molar-refractivity contribution in [2.24, 2.45) is 0 Å². The highest BCUT2D eigenvalue weighted by Gasteiger charge is 2.12. The number of aromatic hydroxyl groups is 3. The first kappa shape index (κ1) is 15.8. The van der Waals surface area contributed by atoms with Gasteiger partial charge in [0.2, 0.25) is 5.75 Å². The van der Waals surface area contributed by atoms with Crippen molar-refractivity contribution in [2.75, 3.05) is 14.2 Å². The summed E-state index contributed by atoms with van der Waals surface area (Å²) in [5, 5.41) is 29.6. The smallest absolute Gasteiger partial charge is 0.200 e. The lowest BCUT2D eigenvalue weighted by molar-refractivity contribution is 0.349. The van der Waals surface area contributed by atoms with Gasteiger partial charge < -0.3 is 24.8 Å². The van der Waals surface area contributed by atoms with Crippen LogP contribution in [0.1, 0.15) is 17.5 Å². The van der Waals surface area contributed by atoms with Crippen molar-refractivity contribution in [1.82, 2.24) is 0 Å². The summed E-state index contributed by atoms with van der Waals surface area (Å²) in [5.74, 6) is 0.653. The van der Waals surface area contributed by atoms with E-state index >= 15 is 0 Å². The molecule has 118 valence electrons. The number of rotatable bonds is 6. The van der Waals surface area contributed by atoms with Crippen LogP contribution in [0.15, 0.2) is 30.3 Å². The summed E-state index contributed by atoms with van der Waals surface area (Å²) in [5.41, 5.74) is 1.46. The fourth-order valence-corrected chi connectivity index (χ4v) is 2.32. The minimum absolute atomic E-state index is 0.154. The molecular formula is C17H20O5. The summed E-state index contributed by atoms with van der Waals surface area (Å²) in [6, 6.07) is 8.54. The number of hydrogen-bond acceptors (Lipinski definition) is 5. The molecule has 0 aliphatic rings. The lowest BCUT2D eigenvalue weighted by Gasteiger charge is -2.10. The molecule has 0 radical (unpaired) electrons. The van der Waals surface area contributed by atoms with Gasteiger partial charge in [-0.1, -0.05) is 12.1 Å². The Morgan fingerprint density at radius 3 is 2.14 bits per heavy atom. The highest BCUT2D eigenvalue weighted by Crippen LogP contribution is 2.38. The normalized spacial score (nSPS) is 10.5. The summed E-state index contributed by atoms with van der Waals surface area (Å²) in [7, 11) is 2.98. The van der Waals surface area contributed by atoms with Crippen LogP contribution in [0, 0.1) is 0 Å². The number of methoxy groups -OCH3 is 2. The van der Waals surface area contributed by atoms with Crippen molar-refractivity contribution in [1.29, 1.82) is 0 Å². The molecule has 22 heavy (non-hydrogen) atoms. The molecule has 0 bridgehead atoms. The van der Waals surface area contributed by atoms with Gasteiger partial charge in [-0.3, -0.25) is 0 Å². The molecule has 0 fully saturated rings. The molecule has 5 nitrogen and oxygen atoms in total. The number of ether oxygens (including phenoxy) is 2. The molecule has 0 unspecified atom stereocenters. The number of aryl methyl sites for hydroxylation is 2. The minimum atomic E-state index is -0.243. The highest BCUT2D eigenvalue weighted by atomic mass is 16.5. The van der Waals surface area contributed by atoms with Gasteiger partial charge in [0.1, 0.15) is 11.5 Å². The van der Waals surface area contributed by atoms with E-state index in [-0.39, 0.29) is 23.0 Å². The minimum Gasteiger partial charge on any atom is -0.508 e. The molecule has 0 aliphatic carbocycles. The maximum absolute atomic E-state index is 9.93. The van der Waals surface area contributed by atoms with Gasteiger partial charge in [-0.2, -0.15) is 0 Å². The zero-order valence-corrected chi connectivity index (χ0v) is 12.7. The van der Waals surface area contributed by atoms with Crippen LogP contribution >= 0.6 is 0 Å². The van der Waals surface area contributed by atoms with E-state index in [1.54, 1.807) is 31.4 Å². The van der Waals surface area contributed by atoms with Gasteiger partial charge in [0, 0.05) is 6.07 Å². The van der Waals surface area contributed by atoms with Crippen LogP contribution in [0.4, 0.5) is 0 Å². The van der Waals surface area contributed by atoms with Crippen molar-refractivity contribution in [2.45, 2.75) is 19.3 Å². The number of phenols is 3. The number of benzene rings is 2. The first-order valence-electron chi connectivity index (χ1n) is 7.00. The monoisotopic (exact) mass is 304 g/mol. The molecule has 0 amide bonds. The van der Waals surface area contributed by atoms with Crippen LogP contribution in [0.5, 0.6) is 28.7 Å². The zero-order valence-electron chi connectivity index (χ0n) is 12.7. The fraction of sp³-hybridized carbons (Fsp3) is 0.294. The Kier molecular flexibility index (Phi) is 4.99. The second kappa shape index (κ2) is 6.93. The SMILES string of the molecule is COc1ccc(CCCc2ccc(OC)c(O)c2O)c(O)c1. The number of hydrogen-bond donors (Lipinski definition) is 3. The van der Waals surface area contributed by atoms with Gasteiger partial charge >= 0.3 is 0 Å². The summed E-state index contributed by atoms with van der Waals surface area (Å²) < 4.78 is 9.98. The molecule has 2 aromatic rings. The Morgan fingerprint density at radius 1 is 0.818 bits per heavy atom. The highest BCUT2D eigenvalue weighted by molar-refractivity contribution is 5.53. The van der Waals surface area contributed by atoms with Crippen LogP contribution in [-0.2, 0) is 12.8 Å². The van der Waals surface area contributed by atoms with Crippen molar-refractivity contribution in [3.8, 4) is 28.7 Å².